The van der Waals surface area contributed by atoms with E-state index in [2.05, 4.69) is 20.9 Å². The van der Waals surface area contributed by atoms with Gasteiger partial charge in [0.25, 0.3) is 0 Å². The van der Waals surface area contributed by atoms with E-state index in [0.717, 1.165) is 0 Å². The smallest absolute Gasteiger partial charge is 0.326 e. The van der Waals surface area contributed by atoms with Crippen LogP contribution in [0.4, 0.5) is 0 Å². The number of guanidine groups is 1. The molecular weight excluding hydrogens is 486 g/mol. The van der Waals surface area contributed by atoms with E-state index in [1.54, 1.807) is 0 Å². The molecule has 0 aliphatic rings. The maximum absolute atomic E-state index is 12.7. The molecule has 0 saturated carbocycles. The van der Waals surface area contributed by atoms with Gasteiger partial charge in [-0.25, -0.2) is 4.79 Å². The number of hydrogen-bond donors (Lipinski definition) is 10. The third-order valence-corrected chi connectivity index (χ3v) is 4.66. The summed E-state index contributed by atoms with van der Waals surface area (Å²) in [6, 6.07) is -5.79. The van der Waals surface area contributed by atoms with Crippen LogP contribution >= 0.6 is 0 Å². The Morgan fingerprint density at radius 3 is 1.72 bits per heavy atom. The van der Waals surface area contributed by atoms with Gasteiger partial charge in [0.2, 0.25) is 17.7 Å². The third kappa shape index (κ3) is 13.7. The van der Waals surface area contributed by atoms with E-state index in [1.165, 1.54) is 0 Å². The van der Waals surface area contributed by atoms with Crippen LogP contribution in [0.15, 0.2) is 4.99 Å². The molecule has 17 heteroatoms. The van der Waals surface area contributed by atoms with Gasteiger partial charge in [-0.15, -0.1) is 0 Å². The Labute approximate surface area is 205 Å². The summed E-state index contributed by atoms with van der Waals surface area (Å²) in [5, 5.41) is 42.8. The van der Waals surface area contributed by atoms with E-state index in [-0.39, 0.29) is 31.8 Å². The van der Waals surface area contributed by atoms with Crippen LogP contribution in [0.2, 0.25) is 0 Å². The van der Waals surface area contributed by atoms with Crippen LogP contribution in [-0.4, -0.2) is 99.3 Å². The van der Waals surface area contributed by atoms with Crippen molar-refractivity contribution in [3.63, 3.8) is 0 Å². The molecule has 36 heavy (non-hydrogen) atoms. The molecule has 0 rings (SSSR count). The Hall–Kier alpha value is -3.99. The average molecular weight is 520 g/mol. The van der Waals surface area contributed by atoms with Crippen LogP contribution in [0.25, 0.3) is 0 Å². The lowest BCUT2D eigenvalue weighted by Crippen LogP contribution is -2.58. The summed E-state index contributed by atoms with van der Waals surface area (Å²) < 4.78 is 0. The number of carboxylic acid groups (broad SMARTS) is 3. The van der Waals surface area contributed by atoms with Gasteiger partial charge in [-0.1, -0.05) is 0 Å². The number of nitrogens with zero attached hydrogens (tertiary/aromatic N) is 1. The molecule has 0 aromatic heterocycles. The topological polar surface area (TPSA) is 310 Å². The first kappa shape index (κ1) is 32.0. The average Bonchev–Trinajstić information content (AvgIpc) is 2.79. The number of carbonyl (C=O) groups is 6. The van der Waals surface area contributed by atoms with Crippen LogP contribution < -0.4 is 33.2 Å². The van der Waals surface area contributed by atoms with Crippen LogP contribution in [-0.2, 0) is 28.8 Å². The highest BCUT2D eigenvalue weighted by Crippen LogP contribution is 2.04. The summed E-state index contributed by atoms with van der Waals surface area (Å²) >= 11 is 0. The molecule has 13 N–H and O–H groups in total. The second-order valence-electron chi connectivity index (χ2n) is 7.62. The maximum atomic E-state index is 12.7. The molecule has 4 atom stereocenters. The molecule has 0 saturated heterocycles. The van der Waals surface area contributed by atoms with E-state index < -0.39 is 85.7 Å². The Bertz CT molecular complexity index is 831. The lowest BCUT2D eigenvalue weighted by Gasteiger charge is -2.24. The fourth-order valence-corrected chi connectivity index (χ4v) is 2.73. The molecule has 4 unspecified atom stereocenters. The molecule has 0 spiro atoms. The number of hydrogen-bond acceptors (Lipinski definition) is 9. The Kier molecular flexibility index (Phi) is 14.8. The number of aliphatic imine (C=N–C) groups is 1. The van der Waals surface area contributed by atoms with Crippen molar-refractivity contribution >= 4 is 41.6 Å². The van der Waals surface area contributed by atoms with Gasteiger partial charge in [0, 0.05) is 19.4 Å². The number of carboxylic acids is 3. The third-order valence-electron chi connectivity index (χ3n) is 4.66. The fourth-order valence-electron chi connectivity index (χ4n) is 2.73. The van der Waals surface area contributed by atoms with Gasteiger partial charge in [-0.2, -0.15) is 0 Å². The molecule has 3 amide bonds. The fraction of sp³-hybridized carbons (Fsp3) is 0.632. The first-order chi connectivity index (χ1) is 16.8. The number of aliphatic hydroxyl groups excluding tert-OH is 1. The number of rotatable bonds is 18. The molecule has 204 valence electrons. The predicted octanol–water partition coefficient (Wildman–Crippen LogP) is -4.37. The monoisotopic (exact) mass is 519 g/mol. The van der Waals surface area contributed by atoms with E-state index in [1.807, 2.05) is 0 Å². The van der Waals surface area contributed by atoms with Crippen LogP contribution in [0, 0.1) is 0 Å². The van der Waals surface area contributed by atoms with Gasteiger partial charge in [0.15, 0.2) is 5.96 Å². The van der Waals surface area contributed by atoms with Crippen LogP contribution in [0.5, 0.6) is 0 Å². The number of nitrogens with one attached hydrogen (secondary N) is 3. The van der Waals surface area contributed by atoms with Crippen LogP contribution in [0.3, 0.4) is 0 Å². The van der Waals surface area contributed by atoms with Crippen molar-refractivity contribution in [2.75, 3.05) is 13.2 Å². The quantitative estimate of drug-likeness (QED) is 0.0465. The molecule has 0 aliphatic heterocycles. The highest BCUT2D eigenvalue weighted by atomic mass is 16.4. The molecular formula is C19H33N7O10. The second kappa shape index (κ2) is 16.6. The molecule has 17 nitrogen and oxygen atoms in total. The van der Waals surface area contributed by atoms with E-state index in [0.29, 0.717) is 0 Å². The molecule has 0 aromatic rings. The predicted molar refractivity (Wildman–Crippen MR) is 122 cm³/mol. The first-order valence-corrected chi connectivity index (χ1v) is 10.8. The summed E-state index contributed by atoms with van der Waals surface area (Å²) in [4.78, 5) is 73.9. The Morgan fingerprint density at radius 2 is 1.22 bits per heavy atom. The standard InChI is InChI=1S/C19H33N7O10/c20-9(3-5-13(28)29)15(32)26-12(8-27)17(34)24-10(2-1-7-23-19(21)22)16(33)25-11(18(35)36)4-6-14(30)31/h9-12,27H,1-8,20H2,(H,24,34)(H,25,33)(H,26,32)(H,28,29)(H,30,31)(H,35,36)(H4,21,22,23). The van der Waals surface area contributed by atoms with Crippen molar-refractivity contribution in [3.05, 3.63) is 0 Å². The minimum atomic E-state index is -1.57. The van der Waals surface area contributed by atoms with Gasteiger partial charge in [0.05, 0.1) is 12.6 Å². The summed E-state index contributed by atoms with van der Waals surface area (Å²) in [5.74, 6) is -7.08. The van der Waals surface area contributed by atoms with Gasteiger partial charge < -0.3 is 53.6 Å². The van der Waals surface area contributed by atoms with E-state index >= 15 is 0 Å². The highest BCUT2D eigenvalue weighted by molar-refractivity contribution is 5.94. The molecule has 0 aromatic carbocycles. The van der Waals surface area contributed by atoms with Gasteiger partial charge in [0.1, 0.15) is 18.1 Å². The minimum Gasteiger partial charge on any atom is -0.481 e. The number of aliphatic hydroxyl groups is 1. The van der Waals surface area contributed by atoms with Crippen LogP contribution in [0.1, 0.15) is 38.5 Å². The molecule has 0 aliphatic carbocycles. The summed E-state index contributed by atoms with van der Waals surface area (Å²) in [6.45, 7) is -0.843. The lowest BCUT2D eigenvalue weighted by molar-refractivity contribution is -0.143. The molecule has 0 fully saturated rings. The second-order valence-corrected chi connectivity index (χ2v) is 7.62. The zero-order valence-corrected chi connectivity index (χ0v) is 19.4. The Morgan fingerprint density at radius 1 is 0.722 bits per heavy atom. The first-order valence-electron chi connectivity index (χ1n) is 10.8. The molecule has 0 heterocycles. The van der Waals surface area contributed by atoms with Crippen molar-refractivity contribution in [2.45, 2.75) is 62.7 Å². The van der Waals surface area contributed by atoms with Crippen molar-refractivity contribution < 1.29 is 49.2 Å². The number of amides is 3. The zero-order valence-electron chi connectivity index (χ0n) is 19.4. The van der Waals surface area contributed by atoms with Crippen molar-refractivity contribution in [1.82, 2.24) is 16.0 Å². The van der Waals surface area contributed by atoms with E-state index in [4.69, 9.17) is 27.4 Å². The maximum Gasteiger partial charge on any atom is 0.326 e. The minimum absolute atomic E-state index is 0.0575. The summed E-state index contributed by atoms with van der Waals surface area (Å²) in [5.41, 5.74) is 16.0. The van der Waals surface area contributed by atoms with Crippen molar-refractivity contribution in [2.24, 2.45) is 22.2 Å². The SMILES string of the molecule is NC(N)=NCCCC(NC(=O)C(CO)NC(=O)C(N)CCC(=O)O)C(=O)NC(CCC(=O)O)C(=O)O. The van der Waals surface area contributed by atoms with E-state index in [9.17, 15) is 39.0 Å². The van der Waals surface area contributed by atoms with Crippen molar-refractivity contribution in [3.8, 4) is 0 Å². The number of carbonyl (C=O) groups excluding carboxylic acids is 3. The van der Waals surface area contributed by atoms with Crippen molar-refractivity contribution in [1.29, 1.82) is 0 Å². The summed E-state index contributed by atoms with van der Waals surface area (Å²) in [6.07, 6.45) is -1.55. The largest absolute Gasteiger partial charge is 0.481 e. The molecule has 0 radical (unpaired) electrons. The Balaban J connectivity index is 5.41. The zero-order chi connectivity index (χ0) is 27.8. The molecule has 0 bridgehead atoms. The summed E-state index contributed by atoms with van der Waals surface area (Å²) in [7, 11) is 0. The lowest BCUT2D eigenvalue weighted by atomic mass is 10.1. The number of nitrogens with two attached hydrogens (primary N) is 3. The van der Waals surface area contributed by atoms with Gasteiger partial charge >= 0.3 is 17.9 Å². The number of aliphatic carboxylic acids is 3. The van der Waals surface area contributed by atoms with Gasteiger partial charge in [-0.05, 0) is 25.7 Å². The van der Waals surface area contributed by atoms with Gasteiger partial charge in [-0.3, -0.25) is 29.0 Å². The highest BCUT2D eigenvalue weighted by Gasteiger charge is 2.30. The normalized spacial score (nSPS) is 13.8.